The molecule has 0 saturated carbocycles. The van der Waals surface area contributed by atoms with Crippen molar-refractivity contribution in [1.29, 1.82) is 0 Å². The lowest BCUT2D eigenvalue weighted by molar-refractivity contribution is -0.324. The van der Waals surface area contributed by atoms with Gasteiger partial charge in [0.1, 0.15) is 0 Å². The van der Waals surface area contributed by atoms with E-state index < -0.39 is 6.36 Å². The van der Waals surface area contributed by atoms with Crippen molar-refractivity contribution in [2.24, 2.45) is 5.92 Å². The molecule has 0 atom stereocenters. The van der Waals surface area contributed by atoms with E-state index in [0.717, 1.165) is 17.5 Å². The number of rotatable bonds is 13. The van der Waals surface area contributed by atoms with Crippen molar-refractivity contribution < 1.29 is 27.4 Å². The molecule has 2 aromatic carbocycles. The maximum absolute atomic E-state index is 12.0. The molecule has 0 aliphatic rings. The van der Waals surface area contributed by atoms with Gasteiger partial charge in [-0.3, -0.25) is 4.74 Å². The van der Waals surface area contributed by atoms with Crippen LogP contribution in [0.1, 0.15) is 30.4 Å². The molecule has 0 N–H and O–H groups in total. The van der Waals surface area contributed by atoms with E-state index in [4.69, 9.17) is 9.47 Å². The molecule has 0 aliphatic heterocycles. The highest BCUT2D eigenvalue weighted by atomic mass is 19.4. The first kappa shape index (κ1) is 22.4. The lowest BCUT2D eigenvalue weighted by Gasteiger charge is -2.18. The van der Waals surface area contributed by atoms with E-state index >= 15 is 0 Å². The fourth-order valence-corrected chi connectivity index (χ4v) is 2.77. The van der Waals surface area contributed by atoms with Crippen LogP contribution in [0.5, 0.6) is 0 Å². The van der Waals surface area contributed by atoms with Crippen LogP contribution < -0.4 is 0 Å². The predicted octanol–water partition coefficient (Wildman–Crippen LogP) is 5.74. The van der Waals surface area contributed by atoms with Gasteiger partial charge in [0.25, 0.3) is 0 Å². The third kappa shape index (κ3) is 10.4. The van der Waals surface area contributed by atoms with Gasteiger partial charge in [-0.15, -0.1) is 13.2 Å². The van der Waals surface area contributed by atoms with E-state index in [1.165, 1.54) is 0 Å². The highest BCUT2D eigenvalue weighted by Crippen LogP contribution is 2.18. The number of hydrogen-bond acceptors (Lipinski definition) is 3. The fraction of sp³-hybridized carbons (Fsp3) is 0.455. The molecular formula is C22H27F3O3. The topological polar surface area (TPSA) is 27.7 Å². The Morgan fingerprint density at radius 3 is 1.68 bits per heavy atom. The van der Waals surface area contributed by atoms with Crippen molar-refractivity contribution in [3.63, 3.8) is 0 Å². The van der Waals surface area contributed by atoms with E-state index in [9.17, 15) is 13.2 Å². The molecule has 0 unspecified atom stereocenters. The Labute approximate surface area is 164 Å². The molecule has 2 aromatic rings. The van der Waals surface area contributed by atoms with Gasteiger partial charge >= 0.3 is 6.36 Å². The van der Waals surface area contributed by atoms with E-state index in [1.54, 1.807) is 0 Å². The lowest BCUT2D eigenvalue weighted by atomic mass is 10.0. The summed E-state index contributed by atoms with van der Waals surface area (Å²) in [5.41, 5.74) is 2.18. The van der Waals surface area contributed by atoms with Gasteiger partial charge in [0, 0.05) is 5.92 Å². The van der Waals surface area contributed by atoms with Gasteiger partial charge in [-0.25, -0.2) is 0 Å². The summed E-state index contributed by atoms with van der Waals surface area (Å²) in [6, 6.07) is 19.7. The van der Waals surface area contributed by atoms with Gasteiger partial charge in [0.15, 0.2) is 0 Å². The Bertz CT molecular complexity index is 587. The molecule has 0 aromatic heterocycles. The first-order valence-electron chi connectivity index (χ1n) is 9.47. The third-order valence-electron chi connectivity index (χ3n) is 4.20. The SMILES string of the molecule is FC(F)(F)OCCCCC(COCc1ccccc1)COCc1ccccc1. The van der Waals surface area contributed by atoms with Gasteiger partial charge in [-0.05, 0) is 24.0 Å². The van der Waals surface area contributed by atoms with Crippen molar-refractivity contribution >= 4 is 0 Å². The summed E-state index contributed by atoms with van der Waals surface area (Å²) < 4.78 is 51.5. The number of unbranched alkanes of at least 4 members (excludes halogenated alkanes) is 1. The molecule has 0 aliphatic carbocycles. The van der Waals surface area contributed by atoms with Crippen molar-refractivity contribution in [2.75, 3.05) is 19.8 Å². The Morgan fingerprint density at radius 2 is 1.21 bits per heavy atom. The smallest absolute Gasteiger partial charge is 0.376 e. The van der Waals surface area contributed by atoms with Crippen LogP contribution in [0.4, 0.5) is 13.2 Å². The minimum atomic E-state index is -4.56. The van der Waals surface area contributed by atoms with Crippen molar-refractivity contribution in [3.05, 3.63) is 71.8 Å². The van der Waals surface area contributed by atoms with Gasteiger partial charge in [0.05, 0.1) is 33.0 Å². The molecule has 0 bridgehead atoms. The first-order valence-corrected chi connectivity index (χ1v) is 9.47. The maximum Gasteiger partial charge on any atom is 0.522 e. The van der Waals surface area contributed by atoms with E-state index in [2.05, 4.69) is 4.74 Å². The number of hydrogen-bond donors (Lipinski definition) is 0. The summed E-state index contributed by atoms with van der Waals surface area (Å²) in [7, 11) is 0. The number of ether oxygens (including phenoxy) is 3. The summed E-state index contributed by atoms with van der Waals surface area (Å²) >= 11 is 0. The van der Waals surface area contributed by atoms with Crippen LogP contribution in [0.25, 0.3) is 0 Å². The van der Waals surface area contributed by atoms with Crippen molar-refractivity contribution in [1.82, 2.24) is 0 Å². The van der Waals surface area contributed by atoms with Crippen LogP contribution >= 0.6 is 0 Å². The second-order valence-electron chi connectivity index (χ2n) is 6.66. The molecule has 0 spiro atoms. The minimum absolute atomic E-state index is 0.123. The standard InChI is InChI=1S/C22H27F3O3/c23-22(24,25)28-14-8-7-13-21(17-26-15-19-9-3-1-4-10-19)18-27-16-20-11-5-2-6-12-20/h1-6,9-12,21H,7-8,13-18H2. The summed E-state index contributed by atoms with van der Waals surface area (Å²) in [5.74, 6) is 0.123. The predicted molar refractivity (Wildman–Crippen MR) is 102 cm³/mol. The molecule has 28 heavy (non-hydrogen) atoms. The Kier molecular flexibility index (Phi) is 10.0. The molecule has 0 heterocycles. The molecule has 0 fully saturated rings. The summed E-state index contributed by atoms with van der Waals surface area (Å²) in [6.45, 7) is 1.71. The van der Waals surface area contributed by atoms with Crippen LogP contribution in [-0.4, -0.2) is 26.2 Å². The van der Waals surface area contributed by atoms with E-state index in [-0.39, 0.29) is 12.5 Å². The quantitative estimate of drug-likeness (QED) is 0.404. The minimum Gasteiger partial charge on any atom is -0.376 e. The average Bonchev–Trinajstić information content (AvgIpc) is 2.68. The van der Waals surface area contributed by atoms with Crippen LogP contribution in [0.15, 0.2) is 60.7 Å². The largest absolute Gasteiger partial charge is 0.522 e. The fourth-order valence-electron chi connectivity index (χ4n) is 2.77. The zero-order valence-electron chi connectivity index (χ0n) is 15.9. The molecular weight excluding hydrogens is 369 g/mol. The second-order valence-corrected chi connectivity index (χ2v) is 6.66. The lowest BCUT2D eigenvalue weighted by Crippen LogP contribution is -2.18. The monoisotopic (exact) mass is 396 g/mol. The number of alkyl halides is 3. The Balaban J connectivity index is 1.71. The Morgan fingerprint density at radius 1 is 0.714 bits per heavy atom. The Hall–Kier alpha value is -1.89. The molecule has 2 rings (SSSR count). The molecule has 0 radical (unpaired) electrons. The van der Waals surface area contributed by atoms with Crippen LogP contribution in [0.2, 0.25) is 0 Å². The zero-order chi connectivity index (χ0) is 20.1. The van der Waals surface area contributed by atoms with Crippen LogP contribution in [0.3, 0.4) is 0 Å². The van der Waals surface area contributed by atoms with Gasteiger partial charge in [-0.1, -0.05) is 67.1 Å². The van der Waals surface area contributed by atoms with Crippen LogP contribution in [0, 0.1) is 5.92 Å². The summed E-state index contributed by atoms with van der Waals surface area (Å²) in [6.07, 6.45) is -2.85. The van der Waals surface area contributed by atoms with Gasteiger partial charge in [0.2, 0.25) is 0 Å². The molecule has 154 valence electrons. The highest BCUT2D eigenvalue weighted by Gasteiger charge is 2.28. The van der Waals surface area contributed by atoms with Crippen LogP contribution in [-0.2, 0) is 27.4 Å². The van der Waals surface area contributed by atoms with Crippen molar-refractivity contribution in [3.8, 4) is 0 Å². The summed E-state index contributed by atoms with van der Waals surface area (Å²) in [4.78, 5) is 0. The third-order valence-corrected chi connectivity index (χ3v) is 4.20. The van der Waals surface area contributed by atoms with E-state index in [0.29, 0.717) is 39.3 Å². The normalized spacial score (nSPS) is 11.9. The van der Waals surface area contributed by atoms with Gasteiger partial charge in [-0.2, -0.15) is 0 Å². The number of halogens is 3. The van der Waals surface area contributed by atoms with Gasteiger partial charge < -0.3 is 9.47 Å². The zero-order valence-corrected chi connectivity index (χ0v) is 15.9. The number of benzene rings is 2. The molecule has 0 amide bonds. The van der Waals surface area contributed by atoms with Crippen molar-refractivity contribution in [2.45, 2.75) is 38.8 Å². The molecule has 6 heteroatoms. The first-order chi connectivity index (χ1) is 13.5. The van der Waals surface area contributed by atoms with E-state index in [1.807, 2.05) is 60.7 Å². The average molecular weight is 396 g/mol. The molecule has 0 saturated heterocycles. The molecule has 3 nitrogen and oxygen atoms in total. The highest BCUT2D eigenvalue weighted by molar-refractivity contribution is 5.14. The maximum atomic E-state index is 12.0. The second kappa shape index (κ2) is 12.5. The summed E-state index contributed by atoms with van der Waals surface area (Å²) in [5, 5.41) is 0.